The van der Waals surface area contributed by atoms with Crippen molar-refractivity contribution in [3.05, 3.63) is 99.9 Å². The molecule has 0 radical (unpaired) electrons. The van der Waals surface area contributed by atoms with Crippen LogP contribution in [0.2, 0.25) is 0 Å². The molecular weight excluding hydrogens is 560 g/mol. The third kappa shape index (κ3) is 5.47. The molecule has 1 aliphatic carbocycles. The second-order valence-electron chi connectivity index (χ2n) is 8.79. The lowest BCUT2D eigenvalue weighted by molar-refractivity contribution is 0.0694. The highest BCUT2D eigenvalue weighted by molar-refractivity contribution is 7.93. The van der Waals surface area contributed by atoms with E-state index in [0.717, 1.165) is 33.7 Å². The molecule has 0 bridgehead atoms. The van der Waals surface area contributed by atoms with Crippen molar-refractivity contribution in [3.63, 3.8) is 0 Å². The molecule has 0 saturated carbocycles. The van der Waals surface area contributed by atoms with Crippen LogP contribution in [0.1, 0.15) is 27.9 Å². The van der Waals surface area contributed by atoms with E-state index in [2.05, 4.69) is 15.0 Å². The summed E-state index contributed by atoms with van der Waals surface area (Å²) in [5, 5.41) is 12.5. The first kappa shape index (κ1) is 26.7. The number of hydrogen-bond acceptors (Lipinski definition) is 7. The van der Waals surface area contributed by atoms with Gasteiger partial charge in [0.1, 0.15) is 15.9 Å². The van der Waals surface area contributed by atoms with E-state index < -0.39 is 27.0 Å². The molecule has 0 saturated heterocycles. The highest BCUT2D eigenvalue weighted by Crippen LogP contribution is 2.30. The van der Waals surface area contributed by atoms with Gasteiger partial charge in [-0.15, -0.1) is 11.6 Å². The number of rotatable bonds is 8. The number of carbonyl (C=O) groups is 1. The number of benzene rings is 2. The first-order valence-electron chi connectivity index (χ1n) is 11.8. The van der Waals surface area contributed by atoms with Crippen molar-refractivity contribution in [2.24, 2.45) is 0 Å². The predicted molar refractivity (Wildman–Crippen MR) is 155 cm³/mol. The second-order valence-corrected chi connectivity index (χ2v) is 12.0. The van der Waals surface area contributed by atoms with E-state index in [1.54, 1.807) is 23.7 Å². The molecule has 39 heavy (non-hydrogen) atoms. The summed E-state index contributed by atoms with van der Waals surface area (Å²) >= 11 is 7.15. The molecule has 1 unspecified atom stereocenters. The average molecular weight is 583 g/mol. The van der Waals surface area contributed by atoms with Crippen molar-refractivity contribution >= 4 is 65.7 Å². The Kier molecular flexibility index (Phi) is 7.30. The fourth-order valence-electron chi connectivity index (χ4n) is 4.26. The number of fused-ring (bicyclic) bond motifs is 1. The van der Waals surface area contributed by atoms with Crippen molar-refractivity contribution in [2.75, 3.05) is 17.1 Å². The molecule has 1 atom stereocenters. The standard InChI is InChI=1S/C27H23ClN4O5S2/c1-29-19-10-12-20(13-11-19)39(36,37)31-27-30-23-24(33)22(26(34)35)15-32(25(23)38-27)14-17-4-2-3-5-21(17)16-6-8-18(28)9-7-16/h2-8,10-13,15,18,29H,9,14H2,1H3,(H,30,31)(H,34,35). The van der Waals surface area contributed by atoms with Crippen LogP contribution >= 0.6 is 22.9 Å². The predicted octanol–water partition coefficient (Wildman–Crippen LogP) is 5.00. The molecule has 0 fully saturated rings. The quantitative estimate of drug-likeness (QED) is 0.249. The molecule has 1 aliphatic rings. The smallest absolute Gasteiger partial charge is 0.341 e. The summed E-state index contributed by atoms with van der Waals surface area (Å²) in [7, 11) is -2.28. The monoisotopic (exact) mass is 582 g/mol. The van der Waals surface area contributed by atoms with Crippen molar-refractivity contribution in [2.45, 2.75) is 23.2 Å². The van der Waals surface area contributed by atoms with Gasteiger partial charge >= 0.3 is 5.97 Å². The zero-order chi connectivity index (χ0) is 27.7. The Morgan fingerprint density at radius 3 is 2.62 bits per heavy atom. The van der Waals surface area contributed by atoms with E-state index in [4.69, 9.17) is 11.6 Å². The topological polar surface area (TPSA) is 130 Å². The van der Waals surface area contributed by atoms with Crippen molar-refractivity contribution in [1.29, 1.82) is 0 Å². The summed E-state index contributed by atoms with van der Waals surface area (Å²) in [6.45, 7) is 0.225. The van der Waals surface area contributed by atoms with Crippen LogP contribution in [-0.2, 0) is 16.6 Å². The van der Waals surface area contributed by atoms with Gasteiger partial charge < -0.3 is 15.0 Å². The highest BCUT2D eigenvalue weighted by Gasteiger charge is 2.22. The number of anilines is 2. The number of aromatic nitrogens is 2. The Hall–Kier alpha value is -3.93. The molecule has 0 spiro atoms. The molecule has 0 amide bonds. The van der Waals surface area contributed by atoms with Crippen LogP contribution in [0.5, 0.6) is 0 Å². The van der Waals surface area contributed by atoms with Crippen LogP contribution in [0, 0.1) is 0 Å². The molecule has 0 aliphatic heterocycles. The minimum atomic E-state index is -4.01. The Bertz CT molecular complexity index is 1810. The van der Waals surface area contributed by atoms with E-state index in [-0.39, 0.29) is 27.5 Å². The summed E-state index contributed by atoms with van der Waals surface area (Å²) in [6, 6.07) is 13.8. The average Bonchev–Trinajstić information content (AvgIpc) is 3.35. The van der Waals surface area contributed by atoms with Crippen molar-refractivity contribution in [1.82, 2.24) is 9.55 Å². The number of nitrogens with zero attached hydrogens (tertiary/aromatic N) is 2. The minimum Gasteiger partial charge on any atom is -0.477 e. The van der Waals surface area contributed by atoms with E-state index in [9.17, 15) is 23.1 Å². The lowest BCUT2D eigenvalue weighted by atomic mass is 9.95. The Morgan fingerprint density at radius 1 is 1.21 bits per heavy atom. The van der Waals surface area contributed by atoms with Crippen LogP contribution < -0.4 is 15.5 Å². The summed E-state index contributed by atoms with van der Waals surface area (Å²) in [5.74, 6) is -1.39. The summed E-state index contributed by atoms with van der Waals surface area (Å²) in [5.41, 5.74) is 2.19. The molecule has 5 rings (SSSR count). The van der Waals surface area contributed by atoms with Crippen LogP contribution in [0.25, 0.3) is 15.9 Å². The number of carboxylic acid groups (broad SMARTS) is 1. The van der Waals surface area contributed by atoms with Gasteiger partial charge in [0, 0.05) is 25.5 Å². The third-order valence-electron chi connectivity index (χ3n) is 6.24. The molecule has 9 nitrogen and oxygen atoms in total. The maximum atomic E-state index is 13.0. The molecule has 3 N–H and O–H groups in total. The zero-order valence-electron chi connectivity index (χ0n) is 20.6. The van der Waals surface area contributed by atoms with Gasteiger partial charge in [0.05, 0.1) is 10.3 Å². The number of thiazole rings is 1. The summed E-state index contributed by atoms with van der Waals surface area (Å²) < 4.78 is 30.0. The maximum Gasteiger partial charge on any atom is 0.341 e. The number of alkyl halides is 1. The van der Waals surface area contributed by atoms with Gasteiger partial charge in [0.25, 0.3) is 10.0 Å². The van der Waals surface area contributed by atoms with Crippen LogP contribution in [-0.4, -0.2) is 41.5 Å². The lowest BCUT2D eigenvalue weighted by Gasteiger charge is -2.16. The highest BCUT2D eigenvalue weighted by atomic mass is 35.5. The van der Waals surface area contributed by atoms with Gasteiger partial charge in [-0.1, -0.05) is 53.8 Å². The molecular formula is C27H23ClN4O5S2. The maximum absolute atomic E-state index is 13.0. The number of halogens is 1. The second kappa shape index (κ2) is 10.7. The normalized spacial score (nSPS) is 15.2. The van der Waals surface area contributed by atoms with Crippen molar-refractivity contribution in [3.8, 4) is 0 Å². The molecule has 2 aromatic heterocycles. The molecule has 2 heterocycles. The van der Waals surface area contributed by atoms with Gasteiger partial charge in [0.2, 0.25) is 5.43 Å². The van der Waals surface area contributed by atoms with E-state index >= 15 is 0 Å². The lowest BCUT2D eigenvalue weighted by Crippen LogP contribution is -2.19. The zero-order valence-corrected chi connectivity index (χ0v) is 23.0. The summed E-state index contributed by atoms with van der Waals surface area (Å²) in [6.07, 6.45) is 7.87. The van der Waals surface area contributed by atoms with Crippen LogP contribution in [0.3, 0.4) is 0 Å². The number of carboxylic acids is 1. The first-order valence-corrected chi connectivity index (χ1v) is 14.6. The fraction of sp³-hybridized carbons (Fsp3) is 0.148. The Labute approximate surface area is 233 Å². The van der Waals surface area contributed by atoms with Gasteiger partial charge in [0.15, 0.2) is 5.13 Å². The van der Waals surface area contributed by atoms with Crippen molar-refractivity contribution < 1.29 is 18.3 Å². The van der Waals surface area contributed by atoms with Crippen LogP contribution in [0.15, 0.2) is 82.6 Å². The van der Waals surface area contributed by atoms with E-state index in [1.807, 2.05) is 42.5 Å². The largest absolute Gasteiger partial charge is 0.477 e. The molecule has 2 aromatic carbocycles. The number of pyridine rings is 1. The minimum absolute atomic E-state index is 0.0177. The first-order chi connectivity index (χ1) is 18.7. The Morgan fingerprint density at radius 2 is 1.95 bits per heavy atom. The van der Waals surface area contributed by atoms with Gasteiger partial charge in [-0.05, 0) is 47.4 Å². The number of allylic oxidation sites excluding steroid dienone is 4. The molecule has 200 valence electrons. The summed E-state index contributed by atoms with van der Waals surface area (Å²) in [4.78, 5) is 29.4. The molecule has 12 heteroatoms. The molecule has 4 aromatic rings. The SMILES string of the molecule is CNc1ccc(S(=O)(=O)Nc2nc3c(=O)c(C(=O)O)cn(Cc4ccccc4C4=CCC(Cl)C=C4)c3s2)cc1. The van der Waals surface area contributed by atoms with Gasteiger partial charge in [-0.25, -0.2) is 18.2 Å². The van der Waals surface area contributed by atoms with Crippen LogP contribution in [0.4, 0.5) is 10.8 Å². The number of sulfonamides is 1. The Balaban J connectivity index is 1.57. The van der Waals surface area contributed by atoms with E-state index in [0.29, 0.717) is 11.3 Å². The van der Waals surface area contributed by atoms with E-state index in [1.165, 1.54) is 18.3 Å². The number of aromatic carboxylic acids is 1. The number of hydrogen-bond donors (Lipinski definition) is 3. The third-order valence-corrected chi connectivity index (χ3v) is 9.05. The van der Waals surface area contributed by atoms with Gasteiger partial charge in [-0.3, -0.25) is 9.52 Å². The number of nitrogens with one attached hydrogen (secondary N) is 2. The van der Waals surface area contributed by atoms with Gasteiger partial charge in [-0.2, -0.15) is 0 Å². The fourth-order valence-corrected chi connectivity index (χ4v) is 6.60.